The van der Waals surface area contributed by atoms with Crippen molar-refractivity contribution < 1.29 is 18.3 Å². The predicted molar refractivity (Wildman–Crippen MR) is 71.3 cm³/mol. The molecule has 0 saturated carbocycles. The number of benzene rings is 2. The number of para-hydroxylation sites is 2. The zero-order valence-electron chi connectivity index (χ0n) is 10.4. The third kappa shape index (κ3) is 3.23. The summed E-state index contributed by atoms with van der Waals surface area (Å²) in [6.07, 6.45) is 0. The number of anilines is 2. The highest BCUT2D eigenvalue weighted by molar-refractivity contribution is 5.92. The van der Waals surface area contributed by atoms with Crippen LogP contribution in [0.2, 0.25) is 0 Å². The highest BCUT2D eigenvalue weighted by Gasteiger charge is 2.11. The van der Waals surface area contributed by atoms with Gasteiger partial charge in [-0.3, -0.25) is 4.79 Å². The summed E-state index contributed by atoms with van der Waals surface area (Å²) in [7, 11) is 0. The van der Waals surface area contributed by atoms with Crippen molar-refractivity contribution in [1.29, 1.82) is 0 Å². The van der Waals surface area contributed by atoms with Crippen LogP contribution in [0, 0.1) is 11.6 Å². The largest absolute Gasteiger partial charge is 0.479 e. The van der Waals surface area contributed by atoms with Gasteiger partial charge in [-0.05, 0) is 24.3 Å². The van der Waals surface area contributed by atoms with E-state index in [0.29, 0.717) is 0 Å². The monoisotopic (exact) mass is 278 g/mol. The third-order valence-electron chi connectivity index (χ3n) is 2.49. The number of nitrogen functional groups attached to an aromatic ring is 1. The molecule has 2 rings (SSSR count). The van der Waals surface area contributed by atoms with Gasteiger partial charge in [0, 0.05) is 0 Å². The molecule has 2 aromatic rings. The third-order valence-corrected chi connectivity index (χ3v) is 2.49. The van der Waals surface area contributed by atoms with E-state index in [1.807, 2.05) is 0 Å². The first-order valence-corrected chi connectivity index (χ1v) is 5.79. The van der Waals surface area contributed by atoms with Gasteiger partial charge < -0.3 is 15.8 Å². The van der Waals surface area contributed by atoms with E-state index in [-0.39, 0.29) is 17.1 Å². The zero-order valence-corrected chi connectivity index (χ0v) is 10.4. The first kappa shape index (κ1) is 13.8. The molecule has 0 unspecified atom stereocenters. The number of ether oxygens (including phenoxy) is 1. The highest BCUT2D eigenvalue weighted by Crippen LogP contribution is 2.24. The number of nitrogens with one attached hydrogen (secondary N) is 1. The predicted octanol–water partition coefficient (Wildman–Crippen LogP) is 2.56. The molecule has 0 atom stereocenters. The van der Waals surface area contributed by atoms with Crippen molar-refractivity contribution in [1.82, 2.24) is 0 Å². The van der Waals surface area contributed by atoms with Gasteiger partial charge in [0.1, 0.15) is 5.82 Å². The Labute approximate surface area is 114 Å². The second kappa shape index (κ2) is 6.01. The average Bonchev–Trinajstić information content (AvgIpc) is 2.41. The van der Waals surface area contributed by atoms with Crippen LogP contribution in [0.25, 0.3) is 0 Å². The van der Waals surface area contributed by atoms with Crippen molar-refractivity contribution in [3.05, 3.63) is 54.1 Å². The molecule has 0 aliphatic carbocycles. The number of hydrogen-bond acceptors (Lipinski definition) is 3. The van der Waals surface area contributed by atoms with Crippen LogP contribution in [-0.4, -0.2) is 12.5 Å². The fourth-order valence-electron chi connectivity index (χ4n) is 1.56. The van der Waals surface area contributed by atoms with Crippen molar-refractivity contribution in [2.75, 3.05) is 17.7 Å². The Morgan fingerprint density at radius 1 is 1.10 bits per heavy atom. The topological polar surface area (TPSA) is 64.3 Å². The van der Waals surface area contributed by atoms with E-state index in [1.54, 1.807) is 6.07 Å². The Morgan fingerprint density at radius 3 is 2.50 bits per heavy atom. The molecule has 0 bridgehead atoms. The van der Waals surface area contributed by atoms with E-state index >= 15 is 0 Å². The van der Waals surface area contributed by atoms with Crippen molar-refractivity contribution in [3.63, 3.8) is 0 Å². The fourth-order valence-corrected chi connectivity index (χ4v) is 1.56. The molecule has 0 aliphatic heterocycles. The van der Waals surface area contributed by atoms with Crippen LogP contribution in [0.4, 0.5) is 20.2 Å². The minimum atomic E-state index is -0.663. The molecule has 20 heavy (non-hydrogen) atoms. The number of hydrogen-bond donors (Lipinski definition) is 2. The lowest BCUT2D eigenvalue weighted by Gasteiger charge is -2.10. The summed E-state index contributed by atoms with van der Waals surface area (Å²) in [5, 5.41) is 2.32. The SMILES string of the molecule is Nc1cccc(F)c1OCC(=O)Nc1ccccc1F. The average molecular weight is 278 g/mol. The summed E-state index contributed by atoms with van der Waals surface area (Å²) in [4.78, 5) is 11.6. The van der Waals surface area contributed by atoms with Gasteiger partial charge in [0.05, 0.1) is 11.4 Å². The number of amides is 1. The summed E-state index contributed by atoms with van der Waals surface area (Å²) in [6, 6.07) is 9.75. The van der Waals surface area contributed by atoms with Crippen molar-refractivity contribution in [3.8, 4) is 5.75 Å². The van der Waals surface area contributed by atoms with E-state index in [1.165, 1.54) is 36.4 Å². The maximum atomic E-state index is 13.4. The minimum absolute atomic E-state index is 0.0302. The number of rotatable bonds is 4. The van der Waals surface area contributed by atoms with E-state index < -0.39 is 24.1 Å². The summed E-state index contributed by atoms with van der Waals surface area (Å²) in [6.45, 7) is -0.473. The van der Waals surface area contributed by atoms with E-state index in [4.69, 9.17) is 10.5 Å². The summed E-state index contributed by atoms with van der Waals surface area (Å²) in [5.74, 6) is -2.04. The molecule has 0 aliphatic rings. The normalized spacial score (nSPS) is 10.1. The van der Waals surface area contributed by atoms with Gasteiger partial charge in [0.2, 0.25) is 0 Å². The highest BCUT2D eigenvalue weighted by atomic mass is 19.1. The van der Waals surface area contributed by atoms with E-state index in [0.717, 1.165) is 0 Å². The summed E-state index contributed by atoms with van der Waals surface area (Å²) in [5.41, 5.74) is 5.64. The molecule has 0 spiro atoms. The summed E-state index contributed by atoms with van der Waals surface area (Å²) >= 11 is 0. The number of halogens is 2. The van der Waals surface area contributed by atoms with Crippen molar-refractivity contribution in [2.24, 2.45) is 0 Å². The van der Waals surface area contributed by atoms with Crippen LogP contribution in [0.1, 0.15) is 0 Å². The van der Waals surface area contributed by atoms with Gasteiger partial charge in [0.25, 0.3) is 5.91 Å². The quantitative estimate of drug-likeness (QED) is 0.845. The molecule has 0 aromatic heterocycles. The number of carbonyl (C=O) groups is 1. The molecular formula is C14H12F2N2O2. The first-order chi connectivity index (χ1) is 9.58. The van der Waals surface area contributed by atoms with Gasteiger partial charge in [0.15, 0.2) is 18.2 Å². The summed E-state index contributed by atoms with van der Waals surface area (Å²) < 4.78 is 31.7. The lowest BCUT2D eigenvalue weighted by molar-refractivity contribution is -0.118. The molecular weight excluding hydrogens is 266 g/mol. The Kier molecular flexibility index (Phi) is 4.14. The molecule has 4 nitrogen and oxygen atoms in total. The molecule has 6 heteroatoms. The Morgan fingerprint density at radius 2 is 1.80 bits per heavy atom. The van der Waals surface area contributed by atoms with Gasteiger partial charge >= 0.3 is 0 Å². The van der Waals surface area contributed by atoms with Gasteiger partial charge in [-0.15, -0.1) is 0 Å². The lowest BCUT2D eigenvalue weighted by atomic mass is 10.3. The van der Waals surface area contributed by atoms with Gasteiger partial charge in [-0.1, -0.05) is 18.2 Å². The zero-order chi connectivity index (χ0) is 14.5. The Bertz CT molecular complexity index is 612. The molecule has 1 amide bonds. The van der Waals surface area contributed by atoms with E-state index in [2.05, 4.69) is 5.32 Å². The standard InChI is InChI=1S/C14H12F2N2O2/c15-9-4-1-2-7-12(9)18-13(19)8-20-14-10(16)5-3-6-11(14)17/h1-7H,8,17H2,(H,18,19). The maximum Gasteiger partial charge on any atom is 0.262 e. The Hall–Kier alpha value is -2.63. The van der Waals surface area contributed by atoms with Gasteiger partial charge in [-0.25, -0.2) is 8.78 Å². The van der Waals surface area contributed by atoms with Crippen LogP contribution >= 0.6 is 0 Å². The minimum Gasteiger partial charge on any atom is -0.479 e. The van der Waals surface area contributed by atoms with Crippen LogP contribution < -0.4 is 15.8 Å². The van der Waals surface area contributed by atoms with Crippen LogP contribution in [0.15, 0.2) is 42.5 Å². The van der Waals surface area contributed by atoms with Crippen molar-refractivity contribution in [2.45, 2.75) is 0 Å². The molecule has 2 aromatic carbocycles. The van der Waals surface area contributed by atoms with Crippen LogP contribution in [-0.2, 0) is 4.79 Å². The van der Waals surface area contributed by atoms with Gasteiger partial charge in [-0.2, -0.15) is 0 Å². The second-order valence-corrected chi connectivity index (χ2v) is 3.97. The smallest absolute Gasteiger partial charge is 0.262 e. The lowest BCUT2D eigenvalue weighted by Crippen LogP contribution is -2.21. The molecule has 0 saturated heterocycles. The fraction of sp³-hybridized carbons (Fsp3) is 0.0714. The van der Waals surface area contributed by atoms with Crippen LogP contribution in [0.3, 0.4) is 0 Å². The molecule has 3 N–H and O–H groups in total. The number of nitrogens with two attached hydrogens (primary N) is 1. The molecule has 0 fully saturated rings. The molecule has 104 valence electrons. The van der Waals surface area contributed by atoms with E-state index in [9.17, 15) is 13.6 Å². The second-order valence-electron chi connectivity index (χ2n) is 3.97. The first-order valence-electron chi connectivity index (χ1n) is 5.79. The molecule has 0 heterocycles. The Balaban J connectivity index is 1.98. The van der Waals surface area contributed by atoms with Crippen molar-refractivity contribution >= 4 is 17.3 Å². The molecule has 0 radical (unpaired) electrons. The number of carbonyl (C=O) groups excluding carboxylic acids is 1. The van der Waals surface area contributed by atoms with Crippen LogP contribution in [0.5, 0.6) is 5.75 Å². The maximum absolute atomic E-state index is 13.4.